The van der Waals surface area contributed by atoms with Gasteiger partial charge in [0.25, 0.3) is 0 Å². The standard InChI is InChI=1S/C21H36O4S2/c1-19(2,20(11-5-3-6-12-20)15-9-17(22)24-26)21(13-7-4-8-14-21)16-10-18(23)25-27/h26-27H,3-16H2,1-2H3. The molecule has 4 nitrogen and oxygen atoms in total. The summed E-state index contributed by atoms with van der Waals surface area (Å²) < 4.78 is 9.30. The molecule has 0 spiro atoms. The van der Waals surface area contributed by atoms with E-state index in [0.717, 1.165) is 38.5 Å². The minimum atomic E-state index is -0.240. The summed E-state index contributed by atoms with van der Waals surface area (Å²) in [5.41, 5.74) is 0.249. The molecule has 0 N–H and O–H groups in total. The summed E-state index contributed by atoms with van der Waals surface area (Å²) >= 11 is 7.38. The normalized spacial score (nSPS) is 22.1. The van der Waals surface area contributed by atoms with Gasteiger partial charge in [-0.1, -0.05) is 52.4 Å². The molecule has 0 aromatic carbocycles. The van der Waals surface area contributed by atoms with Crippen LogP contribution >= 0.6 is 25.8 Å². The minimum Gasteiger partial charge on any atom is -0.395 e. The van der Waals surface area contributed by atoms with Crippen molar-refractivity contribution in [1.82, 2.24) is 0 Å². The molecule has 2 rings (SSSR count). The van der Waals surface area contributed by atoms with Crippen molar-refractivity contribution in [2.75, 3.05) is 0 Å². The molecule has 27 heavy (non-hydrogen) atoms. The lowest BCUT2D eigenvalue weighted by Gasteiger charge is -2.61. The molecule has 2 fully saturated rings. The predicted octanol–water partition coefficient (Wildman–Crippen LogP) is 6.25. The SMILES string of the molecule is CC(C)(C1(CCC(=O)OS)CCCCC1)C1(CCC(=O)OS)CCCCC1. The van der Waals surface area contributed by atoms with Gasteiger partial charge < -0.3 is 8.37 Å². The Labute approximate surface area is 175 Å². The maximum atomic E-state index is 11.9. The number of hydrogen-bond donors (Lipinski definition) is 2. The lowest BCUT2D eigenvalue weighted by atomic mass is 9.44. The Morgan fingerprint density at radius 2 is 1.07 bits per heavy atom. The molecular formula is C21H36O4S2. The van der Waals surface area contributed by atoms with Gasteiger partial charge in [0.2, 0.25) is 0 Å². The molecule has 0 aliphatic heterocycles. The molecule has 0 unspecified atom stereocenters. The molecule has 0 aromatic heterocycles. The molecule has 0 aromatic rings. The zero-order valence-corrected chi connectivity index (χ0v) is 18.7. The fraction of sp³-hybridized carbons (Fsp3) is 0.905. The largest absolute Gasteiger partial charge is 0.395 e. The zero-order valence-electron chi connectivity index (χ0n) is 16.9. The van der Waals surface area contributed by atoms with E-state index < -0.39 is 0 Å². The highest BCUT2D eigenvalue weighted by molar-refractivity contribution is 7.75. The predicted molar refractivity (Wildman–Crippen MR) is 113 cm³/mol. The lowest BCUT2D eigenvalue weighted by molar-refractivity contribution is -0.142. The van der Waals surface area contributed by atoms with Gasteiger partial charge in [0.1, 0.15) is 0 Å². The third-order valence-corrected chi connectivity index (χ3v) is 8.50. The van der Waals surface area contributed by atoms with Gasteiger partial charge in [0.15, 0.2) is 0 Å². The number of hydrogen-bond acceptors (Lipinski definition) is 6. The van der Waals surface area contributed by atoms with Crippen LogP contribution in [0.3, 0.4) is 0 Å². The Kier molecular flexibility index (Phi) is 8.41. The Morgan fingerprint density at radius 1 is 0.741 bits per heavy atom. The van der Waals surface area contributed by atoms with Crippen molar-refractivity contribution in [2.24, 2.45) is 16.2 Å². The highest BCUT2D eigenvalue weighted by Gasteiger charge is 2.56. The number of rotatable bonds is 8. The number of carbonyl (C=O) groups is 2. The molecule has 6 heteroatoms. The van der Waals surface area contributed by atoms with E-state index in [1.165, 1.54) is 38.5 Å². The van der Waals surface area contributed by atoms with Gasteiger partial charge in [-0.3, -0.25) is 9.59 Å². The van der Waals surface area contributed by atoms with E-state index in [1.54, 1.807) is 0 Å². The Morgan fingerprint density at radius 3 is 1.37 bits per heavy atom. The van der Waals surface area contributed by atoms with Crippen molar-refractivity contribution in [1.29, 1.82) is 0 Å². The Bertz CT molecular complexity index is 462. The summed E-state index contributed by atoms with van der Waals surface area (Å²) in [5.74, 6) is -0.481. The smallest absolute Gasteiger partial charge is 0.317 e. The summed E-state index contributed by atoms with van der Waals surface area (Å²) in [4.78, 5) is 23.7. The van der Waals surface area contributed by atoms with Gasteiger partial charge in [-0.05, 0) is 54.8 Å². The molecule has 2 aliphatic rings. The molecule has 2 aliphatic carbocycles. The van der Waals surface area contributed by atoms with Gasteiger partial charge in [-0.2, -0.15) is 0 Å². The topological polar surface area (TPSA) is 52.6 Å². The van der Waals surface area contributed by atoms with E-state index >= 15 is 0 Å². The van der Waals surface area contributed by atoms with Crippen LogP contribution in [0.1, 0.15) is 104 Å². The summed E-state index contributed by atoms with van der Waals surface area (Å²) in [6.07, 6.45) is 14.5. The molecule has 0 bridgehead atoms. The maximum absolute atomic E-state index is 11.9. The van der Waals surface area contributed by atoms with Gasteiger partial charge in [0.05, 0.1) is 0 Å². The van der Waals surface area contributed by atoms with Crippen LogP contribution in [0.4, 0.5) is 0 Å². The first-order valence-electron chi connectivity index (χ1n) is 10.5. The first-order chi connectivity index (χ1) is 12.8. The minimum absolute atomic E-state index is 0.0363. The lowest BCUT2D eigenvalue weighted by Crippen LogP contribution is -2.52. The molecule has 0 saturated heterocycles. The van der Waals surface area contributed by atoms with Gasteiger partial charge in [-0.25, -0.2) is 0 Å². The van der Waals surface area contributed by atoms with E-state index in [4.69, 9.17) is 0 Å². The Hall–Kier alpha value is -0.360. The van der Waals surface area contributed by atoms with Crippen LogP contribution in [0.15, 0.2) is 0 Å². The molecule has 0 heterocycles. The monoisotopic (exact) mass is 416 g/mol. The fourth-order valence-electron chi connectivity index (χ4n) is 6.17. The maximum Gasteiger partial charge on any atom is 0.317 e. The molecule has 0 radical (unpaired) electrons. The first-order valence-corrected chi connectivity index (χ1v) is 11.2. The van der Waals surface area contributed by atoms with Crippen LogP contribution in [0.25, 0.3) is 0 Å². The van der Waals surface area contributed by atoms with Crippen molar-refractivity contribution in [2.45, 2.75) is 104 Å². The first kappa shape index (κ1) is 22.9. The van der Waals surface area contributed by atoms with Crippen molar-refractivity contribution in [3.63, 3.8) is 0 Å². The second-order valence-electron chi connectivity index (χ2n) is 9.23. The van der Waals surface area contributed by atoms with Crippen LogP contribution < -0.4 is 0 Å². The van der Waals surface area contributed by atoms with Crippen LogP contribution in [0, 0.1) is 16.2 Å². The molecule has 2 saturated carbocycles. The van der Waals surface area contributed by atoms with Crippen LogP contribution in [-0.2, 0) is 18.0 Å². The van der Waals surface area contributed by atoms with E-state index in [1.807, 2.05) is 0 Å². The highest BCUT2D eigenvalue weighted by atomic mass is 32.1. The summed E-state index contributed by atoms with van der Waals surface area (Å²) in [6, 6.07) is 0. The van der Waals surface area contributed by atoms with Crippen LogP contribution in [0.2, 0.25) is 0 Å². The third-order valence-electron chi connectivity index (χ3n) is 8.09. The molecular weight excluding hydrogens is 380 g/mol. The second kappa shape index (κ2) is 9.91. The van der Waals surface area contributed by atoms with E-state index in [-0.39, 0.29) is 28.2 Å². The summed E-state index contributed by atoms with van der Waals surface area (Å²) in [5, 5.41) is 0. The summed E-state index contributed by atoms with van der Waals surface area (Å²) in [6.45, 7) is 4.81. The van der Waals surface area contributed by atoms with Gasteiger partial charge in [-0.15, -0.1) is 0 Å². The van der Waals surface area contributed by atoms with Crippen LogP contribution in [-0.4, -0.2) is 11.9 Å². The van der Waals surface area contributed by atoms with Crippen molar-refractivity contribution >= 4 is 37.8 Å². The number of carbonyl (C=O) groups excluding carboxylic acids is 2. The molecule has 0 amide bonds. The quantitative estimate of drug-likeness (QED) is 0.363. The van der Waals surface area contributed by atoms with Crippen molar-refractivity contribution in [3.8, 4) is 0 Å². The van der Waals surface area contributed by atoms with E-state index in [0.29, 0.717) is 12.8 Å². The van der Waals surface area contributed by atoms with Crippen molar-refractivity contribution < 1.29 is 18.0 Å². The summed E-state index contributed by atoms with van der Waals surface area (Å²) in [7, 11) is 0. The number of thiol groups is 2. The molecule has 0 atom stereocenters. The average Bonchev–Trinajstić information content (AvgIpc) is 2.71. The second-order valence-corrected chi connectivity index (χ2v) is 9.60. The highest BCUT2D eigenvalue weighted by Crippen LogP contribution is 2.65. The average molecular weight is 417 g/mol. The Balaban J connectivity index is 2.32. The van der Waals surface area contributed by atoms with Gasteiger partial charge in [0, 0.05) is 38.7 Å². The van der Waals surface area contributed by atoms with E-state index in [9.17, 15) is 9.59 Å². The zero-order chi connectivity index (χ0) is 20.0. The van der Waals surface area contributed by atoms with Gasteiger partial charge >= 0.3 is 11.9 Å². The van der Waals surface area contributed by atoms with Crippen LogP contribution in [0.5, 0.6) is 0 Å². The molecule has 156 valence electrons. The van der Waals surface area contributed by atoms with E-state index in [2.05, 4.69) is 48.0 Å². The third kappa shape index (κ3) is 4.98. The van der Waals surface area contributed by atoms with Crippen molar-refractivity contribution in [3.05, 3.63) is 0 Å². The fourth-order valence-corrected chi connectivity index (χ4v) is 6.35.